The number of aliphatic imine (C=N–C) groups is 1. The van der Waals surface area contributed by atoms with Gasteiger partial charge in [-0.2, -0.15) is 13.2 Å². The highest BCUT2D eigenvalue weighted by Gasteiger charge is 2.27. The molecule has 0 unspecified atom stereocenters. The van der Waals surface area contributed by atoms with E-state index in [2.05, 4.69) is 19.8 Å². The van der Waals surface area contributed by atoms with Crippen molar-refractivity contribution in [3.63, 3.8) is 0 Å². The number of ketones is 1. The number of nitrogens with one attached hydrogen (secondary N) is 1. The molecule has 48 heavy (non-hydrogen) atoms. The summed E-state index contributed by atoms with van der Waals surface area (Å²) in [5, 5.41) is 2.39. The second-order valence-corrected chi connectivity index (χ2v) is 10.5. The molecule has 0 aromatic heterocycles. The molecule has 1 heterocycles. The van der Waals surface area contributed by atoms with E-state index in [1.807, 2.05) is 0 Å². The van der Waals surface area contributed by atoms with Gasteiger partial charge in [0.2, 0.25) is 6.29 Å². The lowest BCUT2D eigenvalue weighted by atomic mass is 10.0. The number of amides is 1. The van der Waals surface area contributed by atoms with Gasteiger partial charge in [-0.3, -0.25) is 14.6 Å². The van der Waals surface area contributed by atoms with Crippen LogP contribution >= 0.6 is 0 Å². The quantitative estimate of drug-likeness (QED) is 0.108. The molecule has 1 amide bonds. The number of carbonyl (C=O) groups excluding carboxylic acids is 5. The van der Waals surface area contributed by atoms with Crippen molar-refractivity contribution in [3.8, 4) is 0 Å². The van der Waals surface area contributed by atoms with E-state index in [1.165, 1.54) is 50.6 Å². The monoisotopic (exact) mass is 689 g/mol. The Morgan fingerprint density at radius 3 is 1.92 bits per heavy atom. The summed E-state index contributed by atoms with van der Waals surface area (Å²) in [6.07, 6.45) is -5.05. The second-order valence-electron chi connectivity index (χ2n) is 10.5. The molecule has 0 aliphatic carbocycles. The van der Waals surface area contributed by atoms with E-state index in [0.29, 0.717) is 18.9 Å². The normalized spacial score (nSPS) is 14.4. The summed E-state index contributed by atoms with van der Waals surface area (Å²) in [7, 11) is 2.54. The number of Topliss-reactive ketones (excluding diaryl/α,β-unsaturated/α-hetero) is 1. The number of benzene rings is 2. The number of nitrogens with zero attached hydrogens (tertiary/aromatic N) is 1. The van der Waals surface area contributed by atoms with Crippen LogP contribution in [-0.2, 0) is 28.6 Å². The minimum atomic E-state index is -4.64. The number of esters is 2. The summed E-state index contributed by atoms with van der Waals surface area (Å²) in [6.45, 7) is 7.37. The summed E-state index contributed by atoms with van der Waals surface area (Å²) >= 11 is 0. The number of halogens is 5. The molecule has 1 N–H and O–H groups in total. The summed E-state index contributed by atoms with van der Waals surface area (Å²) in [4.78, 5) is 59.8. The molecule has 266 valence electrons. The Hall–Kier alpha value is -4.69. The summed E-state index contributed by atoms with van der Waals surface area (Å²) in [6, 6.07) is 9.83. The number of hydrogen-bond donors (Lipinski definition) is 1. The fourth-order valence-corrected chi connectivity index (χ4v) is 3.65. The van der Waals surface area contributed by atoms with Crippen LogP contribution in [0.4, 0.5) is 26.7 Å². The van der Waals surface area contributed by atoms with Gasteiger partial charge in [-0.05, 0) is 82.0 Å². The van der Waals surface area contributed by atoms with Gasteiger partial charge in [0, 0.05) is 19.1 Å². The maximum absolute atomic E-state index is 12.9. The zero-order valence-electron chi connectivity index (χ0n) is 28.5. The highest BCUT2D eigenvalue weighted by Crippen LogP contribution is 2.20. The van der Waals surface area contributed by atoms with Gasteiger partial charge >= 0.3 is 24.2 Å². The molecule has 0 bridgehead atoms. The Morgan fingerprint density at radius 1 is 0.979 bits per heavy atom. The Balaban J connectivity index is 0.000000785. The molecule has 2 aromatic carbocycles. The lowest BCUT2D eigenvalue weighted by Gasteiger charge is -2.22. The second kappa shape index (κ2) is 21.2. The van der Waals surface area contributed by atoms with Gasteiger partial charge in [-0.1, -0.05) is 26.0 Å². The molecule has 0 fully saturated rings. The predicted molar refractivity (Wildman–Crippen MR) is 167 cm³/mol. The largest absolute Gasteiger partial charge is 0.467 e. The van der Waals surface area contributed by atoms with Crippen molar-refractivity contribution in [1.29, 1.82) is 0 Å². The lowest BCUT2D eigenvalue weighted by Crippen LogP contribution is -2.44. The standard InChI is InChI=1S/C17H22FNO5.C12H12FNO2.C2HF3O.C2H6/c1-17(2,3)24-16(22)19-13(15(21)23-4)9-10-14(20)11-5-7-12(18)8-6-11;1-16-12(15)11-7-6-10(14-11)8-2-4-9(13)5-3-8;3-2(4,5)1-6;1-2/h5-8,13H,9-10H2,1-4H3,(H,19,22);2-5,11H,6-7H2,1H3;1H;1-2H3/t13-;11-;;/m00../s1/i;;;1D. The number of aldehydes is 1. The number of ether oxygens (including phenoxy) is 3. The third kappa shape index (κ3) is 17.9. The van der Waals surface area contributed by atoms with E-state index in [1.54, 1.807) is 39.8 Å². The van der Waals surface area contributed by atoms with E-state index in [-0.39, 0.29) is 30.4 Å². The highest BCUT2D eigenvalue weighted by atomic mass is 19.4. The van der Waals surface area contributed by atoms with Crippen molar-refractivity contribution < 1.29 is 61.5 Å². The molecule has 1 aliphatic rings. The Kier molecular flexibility index (Phi) is 18.3. The first-order valence-electron chi connectivity index (χ1n) is 15.1. The van der Waals surface area contributed by atoms with E-state index in [0.717, 1.165) is 17.7 Å². The molecule has 2 aromatic rings. The number of alkyl carbamates (subject to hydrolysis) is 1. The van der Waals surface area contributed by atoms with Crippen LogP contribution in [0.3, 0.4) is 0 Å². The van der Waals surface area contributed by atoms with Crippen molar-refractivity contribution in [2.24, 2.45) is 4.99 Å². The van der Waals surface area contributed by atoms with Gasteiger partial charge in [0.25, 0.3) is 0 Å². The van der Waals surface area contributed by atoms with Crippen LogP contribution in [0.2, 0.25) is 0 Å². The Morgan fingerprint density at radius 2 is 1.48 bits per heavy atom. The van der Waals surface area contributed by atoms with Gasteiger partial charge in [-0.15, -0.1) is 0 Å². The van der Waals surface area contributed by atoms with Crippen LogP contribution in [0.1, 0.15) is 77.6 Å². The van der Waals surface area contributed by atoms with Gasteiger partial charge in [0.15, 0.2) is 5.78 Å². The average molecular weight is 690 g/mol. The first-order valence-corrected chi connectivity index (χ1v) is 14.4. The number of hydrogen-bond acceptors (Lipinski definition) is 9. The predicted octanol–water partition coefficient (Wildman–Crippen LogP) is 6.58. The zero-order valence-corrected chi connectivity index (χ0v) is 27.5. The molecular weight excluding hydrogens is 647 g/mol. The summed E-state index contributed by atoms with van der Waals surface area (Å²) in [5.74, 6) is -1.96. The van der Waals surface area contributed by atoms with Gasteiger partial charge in [-0.25, -0.2) is 23.2 Å². The minimum absolute atomic E-state index is 0.0127. The first kappa shape index (κ1) is 41.3. The number of rotatable bonds is 8. The van der Waals surface area contributed by atoms with Crippen LogP contribution in [0.25, 0.3) is 0 Å². The number of carbonyl (C=O) groups is 5. The van der Waals surface area contributed by atoms with Crippen LogP contribution in [0.5, 0.6) is 0 Å². The third-order valence-corrected chi connectivity index (χ3v) is 5.75. The molecule has 2 atom stereocenters. The van der Waals surface area contributed by atoms with Crippen LogP contribution in [0.15, 0.2) is 53.5 Å². The minimum Gasteiger partial charge on any atom is -0.467 e. The SMILES string of the molecule is COC(=O)[C@@H]1CCC(c2ccc(F)cc2)=N1.COC(=O)[C@H](CCC(=O)c1ccc(F)cc1)NC(=O)OC(C)(C)C.O=CC(F)(F)F.[2H]CC. The van der Waals surface area contributed by atoms with Gasteiger partial charge in [0.05, 0.1) is 14.2 Å². The molecule has 0 saturated carbocycles. The van der Waals surface area contributed by atoms with Crippen LogP contribution in [-0.4, -0.2) is 73.9 Å². The molecule has 1 aliphatic heterocycles. The fraction of sp³-hybridized carbons (Fsp3) is 0.455. The smallest absolute Gasteiger partial charge is 0.446 e. The van der Waals surface area contributed by atoms with E-state index in [4.69, 9.17) is 10.9 Å². The third-order valence-electron chi connectivity index (χ3n) is 5.75. The van der Waals surface area contributed by atoms with Crippen molar-refractivity contribution in [1.82, 2.24) is 5.32 Å². The van der Waals surface area contributed by atoms with Crippen molar-refractivity contribution >= 4 is 35.8 Å². The number of methoxy groups -OCH3 is 2. The van der Waals surface area contributed by atoms with Crippen molar-refractivity contribution in [2.75, 3.05) is 14.2 Å². The molecule has 15 heteroatoms. The first-order chi connectivity index (χ1) is 22.8. The number of alkyl halides is 3. The Bertz CT molecular complexity index is 1380. The summed E-state index contributed by atoms with van der Waals surface area (Å²) in [5.41, 5.74) is 1.33. The van der Waals surface area contributed by atoms with E-state index >= 15 is 0 Å². The maximum Gasteiger partial charge on any atom is 0.446 e. The van der Waals surface area contributed by atoms with Crippen molar-refractivity contribution in [3.05, 3.63) is 71.3 Å². The average Bonchev–Trinajstić information content (AvgIpc) is 3.53. The lowest BCUT2D eigenvalue weighted by molar-refractivity contribution is -0.156. The molecule has 0 radical (unpaired) electrons. The molecule has 10 nitrogen and oxygen atoms in total. The topological polar surface area (TPSA) is 137 Å². The molecule has 3 rings (SSSR count). The fourth-order valence-electron chi connectivity index (χ4n) is 3.65. The molecule has 0 saturated heterocycles. The van der Waals surface area contributed by atoms with Gasteiger partial charge < -0.3 is 19.5 Å². The zero-order chi connectivity index (χ0) is 37.8. The molecular formula is C33H41F5N2O8. The van der Waals surface area contributed by atoms with Crippen molar-refractivity contribution in [2.45, 2.75) is 84.1 Å². The van der Waals surface area contributed by atoms with E-state index < -0.39 is 48.0 Å². The van der Waals surface area contributed by atoms with Gasteiger partial charge in [0.1, 0.15) is 29.3 Å². The maximum atomic E-state index is 12.9. The van der Waals surface area contributed by atoms with E-state index in [9.17, 15) is 41.1 Å². The van der Waals surface area contributed by atoms with Crippen LogP contribution in [0, 0.1) is 11.6 Å². The summed E-state index contributed by atoms with van der Waals surface area (Å²) < 4.78 is 77.4. The molecule has 0 spiro atoms. The van der Waals surface area contributed by atoms with Crippen LogP contribution < -0.4 is 5.32 Å². The highest BCUT2D eigenvalue weighted by molar-refractivity contribution is 6.03. The Labute approximate surface area is 277 Å².